The molecule has 0 bridgehead atoms. The maximum absolute atomic E-state index is 7.80. The molecule has 1 aromatic carbocycles. The zero-order valence-corrected chi connectivity index (χ0v) is 15.6. The Bertz CT molecular complexity index is 911. The highest BCUT2D eigenvalue weighted by atomic mass is 16.5. The Morgan fingerprint density at radius 2 is 1.84 bits per heavy atom. The molecule has 0 radical (unpaired) electrons. The standard InChI is InChI=1S/C23H30NO/c1-16-8-9-19-10-13-23(11-6-5-7-12-23)25-22(19)21(16)20-14-17(2)18(3)15-24(20)4/h8-9,14-15H,5-7,10-13H2,1-4H3/q+1/i3D3. The van der Waals surface area contributed by atoms with Crippen LogP contribution in [0.4, 0.5) is 0 Å². The largest absolute Gasteiger partial charge is 0.486 e. The number of nitrogens with zero attached hydrogens (tertiary/aromatic N) is 1. The Balaban J connectivity index is 1.85. The summed E-state index contributed by atoms with van der Waals surface area (Å²) in [6, 6.07) is 6.38. The molecule has 4 rings (SSSR count). The minimum absolute atomic E-state index is 0.0138. The second-order valence-corrected chi connectivity index (χ2v) is 7.96. The molecule has 0 saturated heterocycles. The predicted molar refractivity (Wildman–Crippen MR) is 102 cm³/mol. The van der Waals surface area contributed by atoms with Gasteiger partial charge in [-0.3, -0.25) is 0 Å². The van der Waals surface area contributed by atoms with Gasteiger partial charge in [0.2, 0.25) is 5.69 Å². The van der Waals surface area contributed by atoms with Gasteiger partial charge in [-0.2, -0.15) is 0 Å². The number of pyridine rings is 1. The van der Waals surface area contributed by atoms with Gasteiger partial charge in [0.1, 0.15) is 18.4 Å². The number of aryl methyl sites for hydroxylation is 5. The van der Waals surface area contributed by atoms with Crippen molar-refractivity contribution in [2.45, 2.75) is 71.2 Å². The molecule has 132 valence electrons. The maximum atomic E-state index is 7.80. The van der Waals surface area contributed by atoms with E-state index in [0.29, 0.717) is 5.56 Å². The highest BCUT2D eigenvalue weighted by Gasteiger charge is 2.39. The van der Waals surface area contributed by atoms with Crippen LogP contribution in [0, 0.1) is 20.7 Å². The fraction of sp³-hybridized carbons (Fsp3) is 0.522. The second-order valence-electron chi connectivity index (χ2n) is 7.96. The zero-order valence-electron chi connectivity index (χ0n) is 18.6. The molecular formula is C23H30NO+. The smallest absolute Gasteiger partial charge is 0.216 e. The summed E-state index contributed by atoms with van der Waals surface area (Å²) in [4.78, 5) is 0. The lowest BCUT2D eigenvalue weighted by atomic mass is 9.78. The molecule has 1 aromatic heterocycles. The summed E-state index contributed by atoms with van der Waals surface area (Å²) < 4.78 is 32.2. The third-order valence-electron chi connectivity index (χ3n) is 6.12. The Morgan fingerprint density at radius 1 is 1.04 bits per heavy atom. The van der Waals surface area contributed by atoms with Crippen LogP contribution in [0.1, 0.15) is 64.9 Å². The van der Waals surface area contributed by atoms with Gasteiger partial charge in [-0.25, -0.2) is 4.57 Å². The molecule has 2 aromatic rings. The number of ether oxygens (including phenoxy) is 1. The Hall–Kier alpha value is -1.83. The van der Waals surface area contributed by atoms with E-state index in [-0.39, 0.29) is 5.60 Å². The molecule has 25 heavy (non-hydrogen) atoms. The van der Waals surface area contributed by atoms with E-state index in [1.807, 2.05) is 24.6 Å². The van der Waals surface area contributed by atoms with Gasteiger partial charge in [-0.1, -0.05) is 18.6 Å². The molecule has 1 fully saturated rings. The summed E-state index contributed by atoms with van der Waals surface area (Å²) in [5.74, 6) is 1.02. The number of benzene rings is 1. The fourth-order valence-corrected chi connectivity index (χ4v) is 4.53. The quantitative estimate of drug-likeness (QED) is 0.656. The van der Waals surface area contributed by atoms with Crippen molar-refractivity contribution >= 4 is 0 Å². The van der Waals surface area contributed by atoms with Gasteiger partial charge in [0.05, 0.1) is 5.56 Å². The summed E-state index contributed by atoms with van der Waals surface area (Å²) >= 11 is 0. The monoisotopic (exact) mass is 339 g/mol. The fourth-order valence-electron chi connectivity index (χ4n) is 4.53. The van der Waals surface area contributed by atoms with Gasteiger partial charge in [0.25, 0.3) is 0 Å². The van der Waals surface area contributed by atoms with Crippen LogP contribution in [0.3, 0.4) is 0 Å². The van der Waals surface area contributed by atoms with Gasteiger partial charge >= 0.3 is 0 Å². The molecule has 0 N–H and O–H groups in total. The van der Waals surface area contributed by atoms with Crippen LogP contribution in [-0.4, -0.2) is 5.60 Å². The molecule has 1 saturated carbocycles. The van der Waals surface area contributed by atoms with Gasteiger partial charge in [-0.05, 0) is 75.9 Å². The van der Waals surface area contributed by atoms with Crippen molar-refractivity contribution in [3.63, 3.8) is 0 Å². The van der Waals surface area contributed by atoms with E-state index in [2.05, 4.69) is 19.1 Å². The summed E-state index contributed by atoms with van der Waals surface area (Å²) in [6.07, 6.45) is 10.0. The number of fused-ring (bicyclic) bond motifs is 1. The highest BCUT2D eigenvalue weighted by Crippen LogP contribution is 2.46. The van der Waals surface area contributed by atoms with E-state index < -0.39 is 6.85 Å². The molecule has 2 aliphatic rings. The summed E-state index contributed by atoms with van der Waals surface area (Å²) in [5.41, 5.74) is 5.77. The van der Waals surface area contributed by atoms with Crippen molar-refractivity contribution in [1.29, 1.82) is 0 Å². The summed E-state index contributed by atoms with van der Waals surface area (Å²) in [6.45, 7) is 1.90. The summed E-state index contributed by atoms with van der Waals surface area (Å²) in [7, 11) is 1.93. The highest BCUT2D eigenvalue weighted by molar-refractivity contribution is 5.72. The molecule has 1 aliphatic carbocycles. The predicted octanol–water partition coefficient (Wildman–Crippen LogP) is 5.13. The average molecular weight is 340 g/mol. The number of rotatable bonds is 1. The molecule has 0 unspecified atom stereocenters. The van der Waals surface area contributed by atoms with Crippen molar-refractivity contribution in [3.8, 4) is 17.0 Å². The maximum Gasteiger partial charge on any atom is 0.216 e. The normalized spacial score (nSPS) is 21.0. The van der Waals surface area contributed by atoms with Crippen LogP contribution in [0.25, 0.3) is 11.3 Å². The van der Waals surface area contributed by atoms with E-state index in [4.69, 9.17) is 8.85 Å². The first-order valence-corrected chi connectivity index (χ1v) is 9.53. The molecule has 0 atom stereocenters. The van der Waals surface area contributed by atoms with E-state index in [9.17, 15) is 0 Å². The van der Waals surface area contributed by atoms with Crippen LogP contribution in [0.5, 0.6) is 5.75 Å². The average Bonchev–Trinajstić information content (AvgIpc) is 2.63. The van der Waals surface area contributed by atoms with Gasteiger partial charge in [0.15, 0.2) is 6.20 Å². The van der Waals surface area contributed by atoms with Gasteiger partial charge in [0, 0.05) is 15.7 Å². The molecule has 0 amide bonds. The van der Waals surface area contributed by atoms with Gasteiger partial charge in [-0.15, -0.1) is 0 Å². The molecule has 2 heteroatoms. The Labute approximate surface area is 156 Å². The minimum atomic E-state index is -2.10. The van der Waals surface area contributed by atoms with E-state index in [1.165, 1.54) is 30.4 Å². The van der Waals surface area contributed by atoms with E-state index in [1.54, 1.807) is 6.20 Å². The number of hydrogen-bond acceptors (Lipinski definition) is 1. The van der Waals surface area contributed by atoms with Crippen molar-refractivity contribution in [1.82, 2.24) is 0 Å². The lowest BCUT2D eigenvalue weighted by Crippen LogP contribution is -2.42. The summed E-state index contributed by atoms with van der Waals surface area (Å²) in [5, 5.41) is 0. The van der Waals surface area contributed by atoms with Crippen LogP contribution in [-0.2, 0) is 13.5 Å². The van der Waals surface area contributed by atoms with Crippen LogP contribution >= 0.6 is 0 Å². The zero-order chi connectivity index (χ0) is 20.1. The minimum Gasteiger partial charge on any atom is -0.486 e. The lowest BCUT2D eigenvalue weighted by molar-refractivity contribution is -0.660. The van der Waals surface area contributed by atoms with E-state index >= 15 is 0 Å². The first kappa shape index (κ1) is 13.4. The first-order valence-electron chi connectivity index (χ1n) is 11.0. The molecular weight excluding hydrogens is 306 g/mol. The molecule has 1 aliphatic heterocycles. The first-order chi connectivity index (χ1) is 13.2. The molecule has 1 spiro atoms. The third kappa shape index (κ3) is 2.86. The van der Waals surface area contributed by atoms with Crippen LogP contribution in [0.15, 0.2) is 24.4 Å². The van der Waals surface area contributed by atoms with Crippen LogP contribution < -0.4 is 9.30 Å². The van der Waals surface area contributed by atoms with Crippen molar-refractivity contribution in [2.24, 2.45) is 7.05 Å². The number of aromatic nitrogens is 1. The van der Waals surface area contributed by atoms with Crippen molar-refractivity contribution < 1.29 is 13.4 Å². The topological polar surface area (TPSA) is 13.1 Å². The second kappa shape index (κ2) is 6.16. The Kier molecular flexibility index (Phi) is 3.30. The third-order valence-corrected chi connectivity index (χ3v) is 6.12. The molecule has 2 heterocycles. The van der Waals surface area contributed by atoms with Gasteiger partial charge < -0.3 is 4.74 Å². The molecule has 2 nitrogen and oxygen atoms in total. The number of hydrogen-bond donors (Lipinski definition) is 0. The lowest BCUT2D eigenvalue weighted by Gasteiger charge is -2.42. The van der Waals surface area contributed by atoms with E-state index in [0.717, 1.165) is 48.3 Å². The Morgan fingerprint density at radius 3 is 2.60 bits per heavy atom. The van der Waals surface area contributed by atoms with Crippen LogP contribution in [0.2, 0.25) is 0 Å². The van der Waals surface area contributed by atoms with Crippen molar-refractivity contribution in [2.75, 3.05) is 0 Å². The van der Waals surface area contributed by atoms with Crippen molar-refractivity contribution in [3.05, 3.63) is 46.6 Å². The SMILES string of the molecule is [2H]C([2H])([2H])c1c[n+](C)c(-c2c(C)ccc3c2OC2(CCCCC2)CC3)cc1C.